The summed E-state index contributed by atoms with van der Waals surface area (Å²) < 4.78 is 1.71. The zero-order valence-corrected chi connectivity index (χ0v) is 15.2. The molecule has 3 aromatic heterocycles. The first-order valence-electron chi connectivity index (χ1n) is 8.85. The van der Waals surface area contributed by atoms with Crippen LogP contribution in [0.25, 0.3) is 5.65 Å². The summed E-state index contributed by atoms with van der Waals surface area (Å²) in [6.45, 7) is 3.16. The second kappa shape index (κ2) is 6.79. The summed E-state index contributed by atoms with van der Waals surface area (Å²) in [6.07, 6.45) is 5.67. The minimum atomic E-state index is -0.218. The highest BCUT2D eigenvalue weighted by molar-refractivity contribution is 5.99. The molecule has 8 heteroatoms. The highest BCUT2D eigenvalue weighted by Gasteiger charge is 2.30. The second-order valence-electron chi connectivity index (χ2n) is 6.67. The molecular formula is C19H20N6O2. The monoisotopic (exact) mass is 364 g/mol. The number of aryl methyl sites for hydroxylation is 1. The SMILES string of the molecule is CNC(=O)c1cnn2c(C3CCN(C(=O)c4ccc(C)nc4)C3)ccnc12. The summed E-state index contributed by atoms with van der Waals surface area (Å²) in [7, 11) is 1.58. The van der Waals surface area contributed by atoms with Crippen LogP contribution in [0.4, 0.5) is 0 Å². The van der Waals surface area contributed by atoms with Crippen molar-refractivity contribution in [1.82, 2.24) is 29.8 Å². The molecule has 1 atom stereocenters. The van der Waals surface area contributed by atoms with E-state index in [-0.39, 0.29) is 17.7 Å². The van der Waals surface area contributed by atoms with Crippen molar-refractivity contribution in [2.75, 3.05) is 20.1 Å². The first-order valence-corrected chi connectivity index (χ1v) is 8.85. The van der Waals surface area contributed by atoms with E-state index in [1.807, 2.05) is 30.0 Å². The first-order chi connectivity index (χ1) is 13.1. The number of hydrogen-bond donors (Lipinski definition) is 1. The average molecular weight is 364 g/mol. The van der Waals surface area contributed by atoms with Crippen LogP contribution < -0.4 is 5.32 Å². The number of likely N-dealkylation sites (tertiary alicyclic amines) is 1. The van der Waals surface area contributed by atoms with E-state index < -0.39 is 0 Å². The number of pyridine rings is 1. The fourth-order valence-electron chi connectivity index (χ4n) is 3.48. The van der Waals surface area contributed by atoms with E-state index in [1.54, 1.807) is 24.0 Å². The molecule has 1 aliphatic heterocycles. The van der Waals surface area contributed by atoms with E-state index in [2.05, 4.69) is 20.4 Å². The van der Waals surface area contributed by atoms with Gasteiger partial charge in [0, 0.05) is 44.1 Å². The topological polar surface area (TPSA) is 92.5 Å². The maximum Gasteiger partial charge on any atom is 0.256 e. The smallest absolute Gasteiger partial charge is 0.256 e. The quantitative estimate of drug-likeness (QED) is 0.759. The third-order valence-electron chi connectivity index (χ3n) is 4.95. The molecule has 1 saturated heterocycles. The van der Waals surface area contributed by atoms with Gasteiger partial charge in [-0.05, 0) is 31.5 Å². The Bertz CT molecular complexity index is 1010. The molecule has 2 amide bonds. The Balaban J connectivity index is 1.59. The summed E-state index contributed by atoms with van der Waals surface area (Å²) in [5.41, 5.74) is 3.40. The molecule has 0 bridgehead atoms. The van der Waals surface area contributed by atoms with Crippen molar-refractivity contribution in [3.05, 3.63) is 59.3 Å². The predicted molar refractivity (Wildman–Crippen MR) is 98.6 cm³/mol. The maximum atomic E-state index is 12.7. The molecule has 1 unspecified atom stereocenters. The predicted octanol–water partition coefficient (Wildman–Crippen LogP) is 1.42. The molecule has 0 saturated carbocycles. The van der Waals surface area contributed by atoms with Gasteiger partial charge in [0.15, 0.2) is 5.65 Å². The molecule has 1 aliphatic rings. The highest BCUT2D eigenvalue weighted by Crippen LogP contribution is 2.28. The van der Waals surface area contributed by atoms with Gasteiger partial charge >= 0.3 is 0 Å². The van der Waals surface area contributed by atoms with Crippen LogP contribution >= 0.6 is 0 Å². The van der Waals surface area contributed by atoms with Crippen LogP contribution in [0.1, 0.15) is 44.4 Å². The Morgan fingerprint density at radius 2 is 2.04 bits per heavy atom. The molecule has 0 aliphatic carbocycles. The van der Waals surface area contributed by atoms with Crippen LogP contribution in [-0.2, 0) is 0 Å². The van der Waals surface area contributed by atoms with Crippen molar-refractivity contribution in [3.8, 4) is 0 Å². The molecule has 27 heavy (non-hydrogen) atoms. The van der Waals surface area contributed by atoms with Gasteiger partial charge in [-0.2, -0.15) is 5.10 Å². The Labute approximate surface area is 156 Å². The highest BCUT2D eigenvalue weighted by atomic mass is 16.2. The van der Waals surface area contributed by atoms with Crippen molar-refractivity contribution >= 4 is 17.5 Å². The number of fused-ring (bicyclic) bond motifs is 1. The van der Waals surface area contributed by atoms with Crippen molar-refractivity contribution in [1.29, 1.82) is 0 Å². The van der Waals surface area contributed by atoms with Crippen LogP contribution in [0.5, 0.6) is 0 Å². The lowest BCUT2D eigenvalue weighted by atomic mass is 10.0. The Morgan fingerprint density at radius 3 is 2.78 bits per heavy atom. The van der Waals surface area contributed by atoms with Crippen LogP contribution in [-0.4, -0.2) is 56.4 Å². The lowest BCUT2D eigenvalue weighted by molar-refractivity contribution is 0.0790. The Kier molecular flexibility index (Phi) is 4.31. The average Bonchev–Trinajstić information content (AvgIpc) is 3.34. The van der Waals surface area contributed by atoms with Crippen LogP contribution in [0.3, 0.4) is 0 Å². The fourth-order valence-corrected chi connectivity index (χ4v) is 3.48. The molecule has 8 nitrogen and oxygen atoms in total. The number of hydrogen-bond acceptors (Lipinski definition) is 5. The number of rotatable bonds is 3. The molecule has 0 aromatic carbocycles. The number of nitrogens with one attached hydrogen (secondary N) is 1. The third-order valence-corrected chi connectivity index (χ3v) is 4.95. The number of amides is 2. The Morgan fingerprint density at radius 1 is 1.19 bits per heavy atom. The van der Waals surface area contributed by atoms with Gasteiger partial charge in [-0.3, -0.25) is 14.6 Å². The number of aromatic nitrogens is 4. The van der Waals surface area contributed by atoms with E-state index in [0.717, 1.165) is 17.8 Å². The molecule has 138 valence electrons. The van der Waals surface area contributed by atoms with Crippen molar-refractivity contribution in [3.63, 3.8) is 0 Å². The standard InChI is InChI=1S/C19H20N6O2/c1-12-3-4-13(9-22-12)19(27)24-8-6-14(11-24)16-5-7-21-17-15(18(26)20-2)10-23-25(16)17/h3-5,7,9-10,14H,6,8,11H2,1-2H3,(H,20,26). The van der Waals surface area contributed by atoms with Gasteiger partial charge in [0.05, 0.1) is 17.5 Å². The molecule has 3 aromatic rings. The molecule has 1 fully saturated rings. The van der Waals surface area contributed by atoms with E-state index >= 15 is 0 Å². The zero-order valence-electron chi connectivity index (χ0n) is 15.2. The third kappa shape index (κ3) is 3.03. The van der Waals surface area contributed by atoms with Crippen molar-refractivity contribution < 1.29 is 9.59 Å². The molecule has 4 heterocycles. The zero-order chi connectivity index (χ0) is 19.0. The molecular weight excluding hydrogens is 344 g/mol. The summed E-state index contributed by atoms with van der Waals surface area (Å²) in [4.78, 5) is 35.1. The minimum absolute atomic E-state index is 0.0122. The first kappa shape index (κ1) is 17.1. The second-order valence-corrected chi connectivity index (χ2v) is 6.67. The lowest BCUT2D eigenvalue weighted by Gasteiger charge is -2.17. The van der Waals surface area contributed by atoms with E-state index in [0.29, 0.717) is 29.9 Å². The summed E-state index contributed by atoms with van der Waals surface area (Å²) in [6, 6.07) is 5.56. The summed E-state index contributed by atoms with van der Waals surface area (Å²) in [5, 5.41) is 6.95. The van der Waals surface area contributed by atoms with Crippen molar-refractivity contribution in [2.24, 2.45) is 0 Å². The van der Waals surface area contributed by atoms with Crippen LogP contribution in [0.2, 0.25) is 0 Å². The van der Waals surface area contributed by atoms with Gasteiger partial charge in [0.2, 0.25) is 0 Å². The number of nitrogens with zero attached hydrogens (tertiary/aromatic N) is 5. The van der Waals surface area contributed by atoms with Gasteiger partial charge < -0.3 is 10.2 Å². The largest absolute Gasteiger partial charge is 0.355 e. The molecule has 0 radical (unpaired) electrons. The van der Waals surface area contributed by atoms with Gasteiger partial charge in [-0.15, -0.1) is 0 Å². The normalized spacial score (nSPS) is 16.7. The van der Waals surface area contributed by atoms with Crippen LogP contribution in [0, 0.1) is 6.92 Å². The van der Waals surface area contributed by atoms with E-state index in [9.17, 15) is 9.59 Å². The Hall–Kier alpha value is -3.29. The molecule has 0 spiro atoms. The van der Waals surface area contributed by atoms with Crippen molar-refractivity contribution in [2.45, 2.75) is 19.3 Å². The minimum Gasteiger partial charge on any atom is -0.355 e. The fraction of sp³-hybridized carbons (Fsp3) is 0.316. The summed E-state index contributed by atoms with van der Waals surface area (Å²) >= 11 is 0. The van der Waals surface area contributed by atoms with E-state index in [4.69, 9.17) is 0 Å². The molecule has 4 rings (SSSR count). The number of carbonyl (C=O) groups excluding carboxylic acids is 2. The lowest BCUT2D eigenvalue weighted by Crippen LogP contribution is -2.28. The summed E-state index contributed by atoms with van der Waals surface area (Å²) in [5.74, 6) is -0.0955. The van der Waals surface area contributed by atoms with E-state index in [1.165, 1.54) is 6.20 Å². The maximum absolute atomic E-state index is 12.7. The van der Waals surface area contributed by atoms with Gasteiger partial charge in [0.1, 0.15) is 5.56 Å². The van der Waals surface area contributed by atoms with Gasteiger partial charge in [-0.25, -0.2) is 9.50 Å². The molecule has 1 N–H and O–H groups in total. The van der Waals surface area contributed by atoms with Crippen LogP contribution in [0.15, 0.2) is 36.8 Å². The van der Waals surface area contributed by atoms with Gasteiger partial charge in [-0.1, -0.05) is 0 Å². The van der Waals surface area contributed by atoms with Gasteiger partial charge in [0.25, 0.3) is 11.8 Å². The number of carbonyl (C=O) groups is 2.